The van der Waals surface area contributed by atoms with Gasteiger partial charge in [-0.25, -0.2) is 0 Å². The second-order valence-electron chi connectivity index (χ2n) is 7.94. The highest BCUT2D eigenvalue weighted by molar-refractivity contribution is 5.74. The van der Waals surface area contributed by atoms with Crippen LogP contribution in [0.4, 0.5) is 0 Å². The first-order valence-corrected chi connectivity index (χ1v) is 11.0. The third-order valence-electron chi connectivity index (χ3n) is 5.43. The van der Waals surface area contributed by atoms with Crippen molar-refractivity contribution in [2.24, 2.45) is 0 Å². The maximum Gasteiger partial charge on any atom is 0.305 e. The molecule has 4 aromatic rings. The zero-order valence-electron chi connectivity index (χ0n) is 19.2. The monoisotopic (exact) mass is 458 g/mol. The molecule has 3 aromatic carbocycles. The van der Waals surface area contributed by atoms with Gasteiger partial charge in [0, 0.05) is 18.2 Å². The van der Waals surface area contributed by atoms with Gasteiger partial charge < -0.3 is 19.1 Å². The summed E-state index contributed by atoms with van der Waals surface area (Å²) in [4.78, 5) is 15.2. The molecule has 0 aliphatic rings. The smallest absolute Gasteiger partial charge is 0.305 e. The topological polar surface area (TPSA) is 94.7 Å². The number of rotatable bonds is 10. The zero-order chi connectivity index (χ0) is 23.9. The molecular weight excluding hydrogens is 432 g/mol. The van der Waals surface area contributed by atoms with E-state index in [1.54, 1.807) is 7.11 Å². The van der Waals surface area contributed by atoms with Crippen LogP contribution in [0.1, 0.15) is 23.1 Å². The molecule has 0 unspecified atom stereocenters. The van der Waals surface area contributed by atoms with Crippen molar-refractivity contribution >= 4 is 5.97 Å². The van der Waals surface area contributed by atoms with Crippen LogP contribution in [-0.2, 0) is 27.5 Å². The van der Waals surface area contributed by atoms with Crippen molar-refractivity contribution in [1.29, 1.82) is 0 Å². The molecule has 0 saturated carbocycles. The predicted molar refractivity (Wildman–Crippen MR) is 128 cm³/mol. The molecule has 1 aromatic heterocycles. The van der Waals surface area contributed by atoms with Gasteiger partial charge in [-0.2, -0.15) is 4.98 Å². The highest BCUT2D eigenvalue weighted by atomic mass is 16.5. The summed E-state index contributed by atoms with van der Waals surface area (Å²) in [5, 5.41) is 12.9. The normalized spacial score (nSPS) is 11.0. The summed E-state index contributed by atoms with van der Waals surface area (Å²) in [6.07, 6.45) is -0.0262. The van der Waals surface area contributed by atoms with Crippen molar-refractivity contribution in [2.45, 2.75) is 26.6 Å². The number of hydrogen-bond acceptors (Lipinski definition) is 6. The lowest BCUT2D eigenvalue weighted by Crippen LogP contribution is -2.02. The molecule has 0 saturated heterocycles. The standard InChI is InChI=1S/C27H26N2O5/c1-18-6-3-4-9-23(18)24-11-10-21(15-22(24)17-32-2)27-28-26(29-34-27)20-8-5-7-19(14-20)16-33-13-12-25(30)31/h3-11,14-15H,12-13,16-17H2,1-2H3,(H,30,31). The maximum absolute atomic E-state index is 10.6. The highest BCUT2D eigenvalue weighted by Crippen LogP contribution is 2.31. The first-order valence-electron chi connectivity index (χ1n) is 11.0. The van der Waals surface area contributed by atoms with E-state index in [-0.39, 0.29) is 13.0 Å². The molecule has 0 aliphatic carbocycles. The van der Waals surface area contributed by atoms with E-state index in [0.29, 0.717) is 24.9 Å². The first-order chi connectivity index (χ1) is 16.5. The van der Waals surface area contributed by atoms with E-state index in [4.69, 9.17) is 19.1 Å². The number of carbonyl (C=O) groups is 1. The molecule has 0 amide bonds. The van der Waals surface area contributed by atoms with Gasteiger partial charge in [-0.3, -0.25) is 4.79 Å². The third kappa shape index (κ3) is 5.57. The minimum atomic E-state index is -0.881. The number of ether oxygens (including phenoxy) is 2. The van der Waals surface area contributed by atoms with Crippen LogP contribution in [0.5, 0.6) is 0 Å². The molecule has 7 heteroatoms. The average molecular weight is 459 g/mol. The number of carboxylic acids is 1. The first kappa shape index (κ1) is 23.4. The fraction of sp³-hybridized carbons (Fsp3) is 0.222. The molecule has 34 heavy (non-hydrogen) atoms. The summed E-state index contributed by atoms with van der Waals surface area (Å²) in [5.41, 5.74) is 7.02. The number of aromatic nitrogens is 2. The molecule has 174 valence electrons. The van der Waals surface area contributed by atoms with Crippen molar-refractivity contribution < 1.29 is 23.9 Å². The molecule has 1 N–H and O–H groups in total. The molecule has 0 atom stereocenters. The van der Waals surface area contributed by atoms with Crippen molar-refractivity contribution in [3.8, 4) is 34.0 Å². The summed E-state index contributed by atoms with van der Waals surface area (Å²) < 4.78 is 16.5. The lowest BCUT2D eigenvalue weighted by Gasteiger charge is -2.12. The van der Waals surface area contributed by atoms with Gasteiger partial charge in [0.2, 0.25) is 5.82 Å². The zero-order valence-corrected chi connectivity index (χ0v) is 19.2. The van der Waals surface area contributed by atoms with E-state index in [1.807, 2.05) is 48.5 Å². The third-order valence-corrected chi connectivity index (χ3v) is 5.43. The Hall–Kier alpha value is -3.81. The molecule has 0 spiro atoms. The summed E-state index contributed by atoms with van der Waals surface area (Å²) in [6.45, 7) is 3.03. The minimum absolute atomic E-state index is 0.0262. The Bertz CT molecular complexity index is 1280. The number of nitrogens with zero attached hydrogens (tertiary/aromatic N) is 2. The van der Waals surface area contributed by atoms with Crippen molar-refractivity contribution in [1.82, 2.24) is 10.1 Å². The van der Waals surface area contributed by atoms with Gasteiger partial charge in [0.1, 0.15) is 0 Å². The van der Waals surface area contributed by atoms with Crippen LogP contribution in [0.3, 0.4) is 0 Å². The Morgan fingerprint density at radius 1 is 0.971 bits per heavy atom. The van der Waals surface area contributed by atoms with E-state index >= 15 is 0 Å². The number of benzene rings is 3. The molecule has 0 fully saturated rings. The quantitative estimate of drug-likeness (QED) is 0.313. The lowest BCUT2D eigenvalue weighted by atomic mass is 9.94. The molecule has 1 heterocycles. The second kappa shape index (κ2) is 10.9. The van der Waals surface area contributed by atoms with Crippen LogP contribution < -0.4 is 0 Å². The number of aliphatic carboxylic acids is 1. The lowest BCUT2D eigenvalue weighted by molar-refractivity contribution is -0.138. The number of aryl methyl sites for hydroxylation is 1. The molecule has 4 rings (SSSR count). The van der Waals surface area contributed by atoms with Crippen molar-refractivity contribution in [3.63, 3.8) is 0 Å². The van der Waals surface area contributed by atoms with Crippen LogP contribution in [0.2, 0.25) is 0 Å². The Balaban J connectivity index is 1.56. The van der Waals surface area contributed by atoms with Crippen LogP contribution in [-0.4, -0.2) is 34.9 Å². The Morgan fingerprint density at radius 3 is 2.62 bits per heavy atom. The maximum atomic E-state index is 10.6. The molecule has 0 aliphatic heterocycles. The van der Waals surface area contributed by atoms with Gasteiger partial charge in [-0.05, 0) is 52.9 Å². The van der Waals surface area contributed by atoms with Crippen LogP contribution >= 0.6 is 0 Å². The Kier molecular flexibility index (Phi) is 7.47. The molecule has 0 radical (unpaired) electrons. The number of hydrogen-bond donors (Lipinski definition) is 1. The van der Waals surface area contributed by atoms with E-state index in [2.05, 4.69) is 35.3 Å². The van der Waals surface area contributed by atoms with Gasteiger partial charge >= 0.3 is 5.97 Å². The van der Waals surface area contributed by atoms with E-state index in [1.165, 1.54) is 5.56 Å². The predicted octanol–water partition coefficient (Wildman–Crippen LogP) is 5.52. The van der Waals surface area contributed by atoms with E-state index < -0.39 is 5.97 Å². The Morgan fingerprint density at radius 2 is 1.82 bits per heavy atom. The summed E-state index contributed by atoms with van der Waals surface area (Å²) in [5.74, 6) is 0.0131. The van der Waals surface area contributed by atoms with Crippen LogP contribution in [0.25, 0.3) is 34.0 Å². The SMILES string of the molecule is COCc1cc(-c2nc(-c3cccc(COCCC(=O)O)c3)no2)ccc1-c1ccccc1C. The summed E-state index contributed by atoms with van der Waals surface area (Å²) in [6, 6.07) is 21.9. The van der Waals surface area contributed by atoms with Crippen molar-refractivity contribution in [3.05, 3.63) is 83.4 Å². The fourth-order valence-electron chi connectivity index (χ4n) is 3.75. The van der Waals surface area contributed by atoms with Gasteiger partial charge in [0.05, 0.1) is 26.2 Å². The molecule has 0 bridgehead atoms. The molecular formula is C27H26N2O5. The van der Waals surface area contributed by atoms with Crippen LogP contribution in [0, 0.1) is 6.92 Å². The number of methoxy groups -OCH3 is 1. The van der Waals surface area contributed by atoms with Gasteiger partial charge in [0.25, 0.3) is 5.89 Å². The van der Waals surface area contributed by atoms with Gasteiger partial charge in [-0.15, -0.1) is 0 Å². The van der Waals surface area contributed by atoms with E-state index in [9.17, 15) is 4.79 Å². The second-order valence-corrected chi connectivity index (χ2v) is 7.94. The van der Waals surface area contributed by atoms with Crippen molar-refractivity contribution in [2.75, 3.05) is 13.7 Å². The number of carboxylic acid groups (broad SMARTS) is 1. The van der Waals surface area contributed by atoms with Gasteiger partial charge in [0.15, 0.2) is 0 Å². The Labute approximate surface area is 198 Å². The minimum Gasteiger partial charge on any atom is -0.481 e. The van der Waals surface area contributed by atoms with Crippen LogP contribution in [0.15, 0.2) is 71.3 Å². The fourth-order valence-corrected chi connectivity index (χ4v) is 3.75. The van der Waals surface area contributed by atoms with Gasteiger partial charge in [-0.1, -0.05) is 53.7 Å². The molecule has 7 nitrogen and oxygen atoms in total. The highest BCUT2D eigenvalue weighted by Gasteiger charge is 2.15. The van der Waals surface area contributed by atoms with E-state index in [0.717, 1.165) is 33.4 Å². The average Bonchev–Trinajstić information content (AvgIpc) is 3.33. The largest absolute Gasteiger partial charge is 0.481 e. The summed E-state index contributed by atoms with van der Waals surface area (Å²) >= 11 is 0. The summed E-state index contributed by atoms with van der Waals surface area (Å²) in [7, 11) is 1.68.